The number of carbonyl (C=O) groups excluding carboxylic acids is 1. The molecule has 1 aliphatic rings. The van der Waals surface area contributed by atoms with Crippen molar-refractivity contribution < 1.29 is 32.2 Å². The van der Waals surface area contributed by atoms with E-state index < -0.39 is 24.2 Å². The molecule has 2 atom stereocenters. The zero-order chi connectivity index (χ0) is 25.3. The minimum absolute atomic E-state index is 0.00547. The van der Waals surface area contributed by atoms with E-state index in [1.807, 2.05) is 19.1 Å². The standard InChI is InChI=1S/C24H25F3N4O4/c1-13-5-7-14(8-6-13)17-11-20(24(25,26)27)31-22(30-17)16(12-28-31)23(32)29-15-9-18(33-2)21(35-4)19(10-15)34-3/h5-10,12,17,20,30H,11H2,1-4H3,(H,29,32)/t17-,20-/m1/s1. The van der Waals surface area contributed by atoms with E-state index in [9.17, 15) is 18.0 Å². The summed E-state index contributed by atoms with van der Waals surface area (Å²) in [5.41, 5.74) is 1.97. The number of hydrogen-bond donors (Lipinski definition) is 2. The van der Waals surface area contributed by atoms with Crippen LogP contribution in [0.1, 0.15) is 40.0 Å². The summed E-state index contributed by atoms with van der Waals surface area (Å²) in [6, 6.07) is 7.75. The summed E-state index contributed by atoms with van der Waals surface area (Å²) in [4.78, 5) is 13.1. The normalized spacial score (nSPS) is 17.2. The third-order valence-corrected chi connectivity index (χ3v) is 5.89. The highest BCUT2D eigenvalue weighted by Crippen LogP contribution is 2.45. The Bertz CT molecular complexity index is 1200. The van der Waals surface area contributed by atoms with Crippen LogP contribution in [0.2, 0.25) is 0 Å². The molecular formula is C24H25F3N4O4. The number of alkyl halides is 3. The van der Waals surface area contributed by atoms with Crippen molar-refractivity contribution in [1.29, 1.82) is 0 Å². The summed E-state index contributed by atoms with van der Waals surface area (Å²) in [5.74, 6) is 0.321. The Labute approximate surface area is 200 Å². The monoisotopic (exact) mass is 490 g/mol. The van der Waals surface area contributed by atoms with Crippen LogP contribution in [0.25, 0.3) is 0 Å². The smallest absolute Gasteiger partial charge is 0.410 e. The molecule has 2 heterocycles. The summed E-state index contributed by atoms with van der Waals surface area (Å²) in [6.07, 6.45) is -3.67. The molecular weight excluding hydrogens is 465 g/mol. The Morgan fingerprint density at radius 1 is 1.09 bits per heavy atom. The Morgan fingerprint density at radius 2 is 1.71 bits per heavy atom. The van der Waals surface area contributed by atoms with Crippen molar-refractivity contribution in [1.82, 2.24) is 9.78 Å². The second kappa shape index (κ2) is 9.40. The highest BCUT2D eigenvalue weighted by molar-refractivity contribution is 6.07. The predicted octanol–water partition coefficient (Wildman–Crippen LogP) is 5.13. The maximum atomic E-state index is 13.9. The van der Waals surface area contributed by atoms with Gasteiger partial charge in [0.25, 0.3) is 5.91 Å². The lowest BCUT2D eigenvalue weighted by Crippen LogP contribution is -2.36. The largest absolute Gasteiger partial charge is 0.493 e. The van der Waals surface area contributed by atoms with Crippen molar-refractivity contribution >= 4 is 17.4 Å². The molecule has 0 bridgehead atoms. The lowest BCUT2D eigenvalue weighted by molar-refractivity contribution is -0.173. The van der Waals surface area contributed by atoms with E-state index in [-0.39, 0.29) is 17.8 Å². The number of carbonyl (C=O) groups is 1. The molecule has 4 rings (SSSR count). The average molecular weight is 490 g/mol. The van der Waals surface area contributed by atoms with Gasteiger partial charge in [-0.2, -0.15) is 18.3 Å². The number of nitrogens with zero attached hydrogens (tertiary/aromatic N) is 2. The molecule has 0 spiro atoms. The number of rotatable bonds is 6. The van der Waals surface area contributed by atoms with E-state index in [1.165, 1.54) is 33.5 Å². The summed E-state index contributed by atoms with van der Waals surface area (Å²) < 4.78 is 58.5. The molecule has 1 aromatic heterocycles. The Morgan fingerprint density at radius 3 is 2.26 bits per heavy atom. The van der Waals surface area contributed by atoms with Gasteiger partial charge in [-0.15, -0.1) is 0 Å². The first kappa shape index (κ1) is 24.2. The fourth-order valence-electron chi connectivity index (χ4n) is 4.10. The zero-order valence-corrected chi connectivity index (χ0v) is 19.6. The number of anilines is 2. The first-order valence-corrected chi connectivity index (χ1v) is 10.7. The van der Waals surface area contributed by atoms with Crippen molar-refractivity contribution in [3.8, 4) is 17.2 Å². The number of halogens is 3. The third kappa shape index (κ3) is 4.71. The van der Waals surface area contributed by atoms with Gasteiger partial charge in [0.05, 0.1) is 33.6 Å². The second-order valence-electron chi connectivity index (χ2n) is 8.12. The summed E-state index contributed by atoms with van der Waals surface area (Å²) in [7, 11) is 4.32. The van der Waals surface area contributed by atoms with Gasteiger partial charge in [0, 0.05) is 24.2 Å². The molecule has 0 unspecified atom stereocenters. The molecule has 1 aliphatic heterocycles. The van der Waals surface area contributed by atoms with Crippen molar-refractivity contribution in [2.24, 2.45) is 0 Å². The Balaban J connectivity index is 1.69. The van der Waals surface area contributed by atoms with Crippen LogP contribution in [0.5, 0.6) is 17.2 Å². The number of ether oxygens (including phenoxy) is 3. The quantitative estimate of drug-likeness (QED) is 0.498. The van der Waals surface area contributed by atoms with E-state index in [0.29, 0.717) is 28.5 Å². The fourth-order valence-corrected chi connectivity index (χ4v) is 4.10. The van der Waals surface area contributed by atoms with Gasteiger partial charge < -0.3 is 24.8 Å². The van der Waals surface area contributed by atoms with Crippen LogP contribution in [0.4, 0.5) is 24.7 Å². The zero-order valence-electron chi connectivity index (χ0n) is 19.6. The van der Waals surface area contributed by atoms with Crippen LogP contribution in [0, 0.1) is 6.92 Å². The average Bonchev–Trinajstić information content (AvgIpc) is 3.26. The van der Waals surface area contributed by atoms with Crippen molar-refractivity contribution in [3.63, 3.8) is 0 Å². The van der Waals surface area contributed by atoms with Crippen molar-refractivity contribution in [3.05, 3.63) is 59.3 Å². The molecule has 8 nitrogen and oxygen atoms in total. The van der Waals surface area contributed by atoms with E-state index in [4.69, 9.17) is 14.2 Å². The molecule has 0 fully saturated rings. The number of amides is 1. The molecule has 0 radical (unpaired) electrons. The van der Waals surface area contributed by atoms with Crippen LogP contribution in [-0.2, 0) is 0 Å². The number of aryl methyl sites for hydroxylation is 1. The van der Waals surface area contributed by atoms with Gasteiger partial charge in [-0.05, 0) is 12.5 Å². The van der Waals surface area contributed by atoms with Gasteiger partial charge in [-0.25, -0.2) is 4.68 Å². The van der Waals surface area contributed by atoms with Gasteiger partial charge in [0.2, 0.25) is 5.75 Å². The van der Waals surface area contributed by atoms with Crippen LogP contribution >= 0.6 is 0 Å². The van der Waals surface area contributed by atoms with Gasteiger partial charge in [-0.1, -0.05) is 29.8 Å². The summed E-state index contributed by atoms with van der Waals surface area (Å²) >= 11 is 0. The number of hydrogen-bond acceptors (Lipinski definition) is 6. The molecule has 2 N–H and O–H groups in total. The number of fused-ring (bicyclic) bond motifs is 1. The second-order valence-corrected chi connectivity index (χ2v) is 8.12. The molecule has 11 heteroatoms. The molecule has 186 valence electrons. The minimum Gasteiger partial charge on any atom is -0.493 e. The number of aromatic nitrogens is 2. The van der Waals surface area contributed by atoms with Crippen LogP contribution in [-0.4, -0.2) is 43.2 Å². The molecule has 0 saturated heterocycles. The predicted molar refractivity (Wildman–Crippen MR) is 124 cm³/mol. The Kier molecular flexibility index (Phi) is 6.51. The first-order chi connectivity index (χ1) is 16.7. The molecule has 35 heavy (non-hydrogen) atoms. The minimum atomic E-state index is -4.55. The van der Waals surface area contributed by atoms with E-state index >= 15 is 0 Å². The van der Waals surface area contributed by atoms with Crippen molar-refractivity contribution in [2.75, 3.05) is 32.0 Å². The SMILES string of the molecule is COc1cc(NC(=O)c2cnn3c2N[C@@H](c2ccc(C)cc2)C[C@@H]3C(F)(F)F)cc(OC)c1OC. The fraction of sp³-hybridized carbons (Fsp3) is 0.333. The molecule has 0 saturated carbocycles. The lowest BCUT2D eigenvalue weighted by Gasteiger charge is -2.34. The van der Waals surface area contributed by atoms with Crippen LogP contribution in [0.15, 0.2) is 42.6 Å². The highest BCUT2D eigenvalue weighted by atomic mass is 19.4. The maximum absolute atomic E-state index is 13.9. The summed E-state index contributed by atoms with van der Waals surface area (Å²) in [5, 5.41) is 9.67. The number of nitrogens with one attached hydrogen (secondary N) is 2. The van der Waals surface area contributed by atoms with Gasteiger partial charge in [-0.3, -0.25) is 4.79 Å². The van der Waals surface area contributed by atoms with Gasteiger partial charge in [0.1, 0.15) is 11.4 Å². The van der Waals surface area contributed by atoms with Gasteiger partial charge in [0.15, 0.2) is 17.5 Å². The maximum Gasteiger partial charge on any atom is 0.410 e. The number of benzene rings is 2. The highest BCUT2D eigenvalue weighted by Gasteiger charge is 2.47. The number of methoxy groups -OCH3 is 3. The van der Waals surface area contributed by atoms with E-state index in [0.717, 1.165) is 16.4 Å². The topological polar surface area (TPSA) is 86.6 Å². The molecule has 1 amide bonds. The first-order valence-electron chi connectivity index (χ1n) is 10.7. The lowest BCUT2D eigenvalue weighted by atomic mass is 9.96. The van der Waals surface area contributed by atoms with Crippen LogP contribution < -0.4 is 24.8 Å². The third-order valence-electron chi connectivity index (χ3n) is 5.89. The molecule has 0 aliphatic carbocycles. The van der Waals surface area contributed by atoms with E-state index in [1.54, 1.807) is 12.1 Å². The van der Waals surface area contributed by atoms with Gasteiger partial charge >= 0.3 is 6.18 Å². The molecule has 2 aromatic carbocycles. The summed E-state index contributed by atoms with van der Waals surface area (Å²) in [6.45, 7) is 1.90. The Hall–Kier alpha value is -3.89. The molecule has 3 aromatic rings. The van der Waals surface area contributed by atoms with Crippen LogP contribution in [0.3, 0.4) is 0 Å². The van der Waals surface area contributed by atoms with E-state index in [2.05, 4.69) is 15.7 Å². The van der Waals surface area contributed by atoms with Crippen molar-refractivity contribution in [2.45, 2.75) is 31.6 Å².